The predicted octanol–water partition coefficient (Wildman–Crippen LogP) is 2.08. The van der Waals surface area contributed by atoms with E-state index in [4.69, 9.17) is 10.5 Å². The third-order valence-corrected chi connectivity index (χ3v) is 2.98. The lowest BCUT2D eigenvalue weighted by atomic mass is 10.1. The van der Waals surface area contributed by atoms with Crippen LogP contribution in [0.5, 0.6) is 0 Å². The van der Waals surface area contributed by atoms with Crippen LogP contribution in [0.3, 0.4) is 0 Å². The second kappa shape index (κ2) is 7.01. The van der Waals surface area contributed by atoms with E-state index in [0.29, 0.717) is 37.6 Å². The zero-order valence-electron chi connectivity index (χ0n) is 11.4. The van der Waals surface area contributed by atoms with Crippen molar-refractivity contribution < 1.29 is 9.53 Å². The molecule has 1 amide bonds. The van der Waals surface area contributed by atoms with Gasteiger partial charge >= 0.3 is 0 Å². The summed E-state index contributed by atoms with van der Waals surface area (Å²) in [5.74, 6) is 0.0157. The van der Waals surface area contributed by atoms with Gasteiger partial charge in [0.1, 0.15) is 0 Å². The molecule has 0 bridgehead atoms. The van der Waals surface area contributed by atoms with Gasteiger partial charge < -0.3 is 15.4 Å². The number of benzene rings is 1. The molecule has 0 unspecified atom stereocenters. The first kappa shape index (κ1) is 14.5. The lowest BCUT2D eigenvalue weighted by Crippen LogP contribution is -2.34. The molecule has 0 radical (unpaired) electrons. The second-order valence-corrected chi connectivity index (χ2v) is 4.10. The Morgan fingerprint density at radius 3 is 2.72 bits per heavy atom. The molecule has 0 saturated carbocycles. The van der Waals surface area contributed by atoms with Crippen LogP contribution in [0.25, 0.3) is 0 Å². The Bertz CT molecular complexity index is 405. The van der Waals surface area contributed by atoms with E-state index in [1.165, 1.54) is 0 Å². The molecule has 4 nitrogen and oxygen atoms in total. The van der Waals surface area contributed by atoms with Crippen molar-refractivity contribution >= 4 is 11.6 Å². The van der Waals surface area contributed by atoms with Crippen molar-refractivity contribution in [2.45, 2.75) is 20.8 Å². The number of hydrogen-bond donors (Lipinski definition) is 1. The summed E-state index contributed by atoms with van der Waals surface area (Å²) in [6.45, 7) is 8.29. The summed E-state index contributed by atoms with van der Waals surface area (Å²) < 4.78 is 5.29. The molecule has 2 N–H and O–H groups in total. The van der Waals surface area contributed by atoms with Gasteiger partial charge in [-0.2, -0.15) is 0 Å². The van der Waals surface area contributed by atoms with Crippen LogP contribution in [0.1, 0.15) is 29.8 Å². The van der Waals surface area contributed by atoms with Crippen molar-refractivity contribution in [2.24, 2.45) is 0 Å². The third kappa shape index (κ3) is 3.47. The Balaban J connectivity index is 2.80. The van der Waals surface area contributed by atoms with Crippen LogP contribution in [-0.2, 0) is 4.74 Å². The molecule has 1 aromatic carbocycles. The van der Waals surface area contributed by atoms with Gasteiger partial charge in [-0.1, -0.05) is 6.07 Å². The largest absolute Gasteiger partial charge is 0.398 e. The zero-order chi connectivity index (χ0) is 13.5. The number of hydrogen-bond acceptors (Lipinski definition) is 3. The lowest BCUT2D eigenvalue weighted by molar-refractivity contribution is 0.0668. The maximum atomic E-state index is 12.4. The average Bonchev–Trinajstić information content (AvgIpc) is 2.37. The summed E-state index contributed by atoms with van der Waals surface area (Å²) in [4.78, 5) is 14.1. The first-order valence-corrected chi connectivity index (χ1v) is 6.33. The molecule has 1 rings (SSSR count). The van der Waals surface area contributed by atoms with Crippen molar-refractivity contribution in [3.63, 3.8) is 0 Å². The van der Waals surface area contributed by atoms with Gasteiger partial charge in [0.25, 0.3) is 5.91 Å². The molecule has 0 spiro atoms. The molecule has 0 aromatic heterocycles. The van der Waals surface area contributed by atoms with Crippen LogP contribution in [-0.4, -0.2) is 37.1 Å². The number of nitrogen functional groups attached to an aromatic ring is 1. The van der Waals surface area contributed by atoms with Gasteiger partial charge in [0.05, 0.1) is 6.61 Å². The van der Waals surface area contributed by atoms with Crippen LogP contribution < -0.4 is 5.73 Å². The molecule has 0 aliphatic rings. The fraction of sp³-hybridized carbons (Fsp3) is 0.500. The fourth-order valence-corrected chi connectivity index (χ4v) is 1.78. The van der Waals surface area contributed by atoms with E-state index in [9.17, 15) is 4.79 Å². The molecule has 0 saturated heterocycles. The molecule has 1 aromatic rings. The lowest BCUT2D eigenvalue weighted by Gasteiger charge is -2.22. The van der Waals surface area contributed by atoms with Crippen molar-refractivity contribution in [2.75, 3.05) is 32.0 Å². The number of rotatable bonds is 6. The van der Waals surface area contributed by atoms with E-state index in [1.54, 1.807) is 4.90 Å². The molecule has 100 valence electrons. The SMILES string of the molecule is CCOCCN(CC)C(=O)c1cccc(N)c1C. The fourth-order valence-electron chi connectivity index (χ4n) is 1.78. The van der Waals surface area contributed by atoms with Crippen molar-refractivity contribution in [1.29, 1.82) is 0 Å². The van der Waals surface area contributed by atoms with Gasteiger partial charge in [-0.25, -0.2) is 0 Å². The van der Waals surface area contributed by atoms with Gasteiger partial charge in [0, 0.05) is 30.9 Å². The van der Waals surface area contributed by atoms with Crippen molar-refractivity contribution in [3.8, 4) is 0 Å². The highest BCUT2D eigenvalue weighted by Gasteiger charge is 2.16. The molecule has 0 aliphatic carbocycles. The monoisotopic (exact) mass is 250 g/mol. The van der Waals surface area contributed by atoms with E-state index in [-0.39, 0.29) is 5.91 Å². The summed E-state index contributed by atoms with van der Waals surface area (Å²) in [5, 5.41) is 0. The number of carbonyl (C=O) groups excluding carboxylic acids is 1. The van der Waals surface area contributed by atoms with Gasteiger partial charge in [0.15, 0.2) is 0 Å². The molecule has 0 fully saturated rings. The summed E-state index contributed by atoms with van der Waals surface area (Å²) in [6, 6.07) is 5.44. The van der Waals surface area contributed by atoms with Gasteiger partial charge in [0.2, 0.25) is 0 Å². The Kier molecular flexibility index (Phi) is 5.65. The van der Waals surface area contributed by atoms with Crippen LogP contribution in [0, 0.1) is 6.92 Å². The smallest absolute Gasteiger partial charge is 0.254 e. The van der Waals surface area contributed by atoms with Crippen LogP contribution in [0.2, 0.25) is 0 Å². The minimum Gasteiger partial charge on any atom is -0.398 e. The van der Waals surface area contributed by atoms with Crippen LogP contribution in [0.15, 0.2) is 18.2 Å². The zero-order valence-corrected chi connectivity index (χ0v) is 11.4. The normalized spacial score (nSPS) is 10.4. The Morgan fingerprint density at radius 1 is 1.39 bits per heavy atom. The molecule has 0 heterocycles. The standard InChI is InChI=1S/C14H22N2O2/c1-4-16(9-10-18-5-2)14(17)12-7-6-8-13(15)11(12)3/h6-8H,4-5,9-10,15H2,1-3H3. The Labute approximate surface area is 109 Å². The topological polar surface area (TPSA) is 55.6 Å². The molecular formula is C14H22N2O2. The van der Waals surface area contributed by atoms with E-state index in [0.717, 1.165) is 5.56 Å². The summed E-state index contributed by atoms with van der Waals surface area (Å²) in [5.41, 5.74) is 8.00. The third-order valence-electron chi connectivity index (χ3n) is 2.98. The van der Waals surface area contributed by atoms with Crippen LogP contribution >= 0.6 is 0 Å². The number of carbonyl (C=O) groups is 1. The summed E-state index contributed by atoms with van der Waals surface area (Å²) >= 11 is 0. The minimum atomic E-state index is 0.0157. The summed E-state index contributed by atoms with van der Waals surface area (Å²) in [6.07, 6.45) is 0. The predicted molar refractivity (Wildman–Crippen MR) is 73.7 cm³/mol. The quantitative estimate of drug-likeness (QED) is 0.621. The van der Waals surface area contributed by atoms with Gasteiger partial charge in [-0.05, 0) is 38.5 Å². The Hall–Kier alpha value is -1.55. The molecule has 0 aliphatic heterocycles. The highest BCUT2D eigenvalue weighted by atomic mass is 16.5. The molecule has 0 atom stereocenters. The second-order valence-electron chi connectivity index (χ2n) is 4.10. The summed E-state index contributed by atoms with van der Waals surface area (Å²) in [7, 11) is 0. The van der Waals surface area contributed by atoms with E-state index in [2.05, 4.69) is 0 Å². The first-order valence-electron chi connectivity index (χ1n) is 6.33. The van der Waals surface area contributed by atoms with Crippen LogP contribution in [0.4, 0.5) is 5.69 Å². The number of nitrogens with two attached hydrogens (primary N) is 1. The highest BCUT2D eigenvalue weighted by Crippen LogP contribution is 2.17. The number of likely N-dealkylation sites (N-methyl/N-ethyl adjacent to an activating group) is 1. The van der Waals surface area contributed by atoms with Gasteiger partial charge in [-0.15, -0.1) is 0 Å². The number of nitrogens with zero attached hydrogens (tertiary/aromatic N) is 1. The average molecular weight is 250 g/mol. The van der Waals surface area contributed by atoms with E-state index < -0.39 is 0 Å². The van der Waals surface area contributed by atoms with E-state index in [1.807, 2.05) is 39.0 Å². The Morgan fingerprint density at radius 2 is 2.11 bits per heavy atom. The maximum absolute atomic E-state index is 12.4. The number of anilines is 1. The molecule has 4 heteroatoms. The van der Waals surface area contributed by atoms with E-state index >= 15 is 0 Å². The highest BCUT2D eigenvalue weighted by molar-refractivity contribution is 5.96. The number of ether oxygens (including phenoxy) is 1. The first-order chi connectivity index (χ1) is 8.61. The van der Waals surface area contributed by atoms with Crippen molar-refractivity contribution in [3.05, 3.63) is 29.3 Å². The van der Waals surface area contributed by atoms with Gasteiger partial charge in [-0.3, -0.25) is 4.79 Å². The number of amides is 1. The molecular weight excluding hydrogens is 228 g/mol. The van der Waals surface area contributed by atoms with Crippen molar-refractivity contribution in [1.82, 2.24) is 4.90 Å². The minimum absolute atomic E-state index is 0.0157. The maximum Gasteiger partial charge on any atom is 0.254 e. The molecule has 18 heavy (non-hydrogen) atoms.